The molecule has 0 aliphatic heterocycles. The highest BCUT2D eigenvalue weighted by molar-refractivity contribution is 8.01. The number of rotatable bonds is 3. The van der Waals surface area contributed by atoms with E-state index in [1.807, 2.05) is 12.3 Å². The van der Waals surface area contributed by atoms with E-state index in [1.165, 1.54) is 23.5 Å². The van der Waals surface area contributed by atoms with Gasteiger partial charge in [-0.15, -0.1) is 11.3 Å². The molecule has 2 rings (SSSR count). The smallest absolute Gasteiger partial charge is 0.384 e. The largest absolute Gasteiger partial charge is 0.417 e. The Labute approximate surface area is 121 Å². The second-order valence-electron chi connectivity index (χ2n) is 3.98. The zero-order valence-corrected chi connectivity index (χ0v) is 11.9. The van der Waals surface area contributed by atoms with Crippen molar-refractivity contribution in [2.75, 3.05) is 0 Å². The van der Waals surface area contributed by atoms with E-state index in [9.17, 15) is 13.2 Å². The van der Waals surface area contributed by atoms with Gasteiger partial charge in [-0.25, -0.2) is 4.98 Å². The van der Waals surface area contributed by atoms with E-state index in [1.54, 1.807) is 0 Å². The molecule has 1 heterocycles. The number of nitrogens with two attached hydrogens (primary N) is 1. The van der Waals surface area contributed by atoms with Crippen molar-refractivity contribution in [1.29, 1.82) is 5.41 Å². The molecule has 8 heteroatoms. The average Bonchev–Trinajstić information content (AvgIpc) is 2.73. The lowest BCUT2D eigenvalue weighted by Gasteiger charge is -2.13. The van der Waals surface area contributed by atoms with Crippen LogP contribution in [0, 0.1) is 12.3 Å². The minimum absolute atomic E-state index is 0.308. The van der Waals surface area contributed by atoms with Gasteiger partial charge < -0.3 is 5.73 Å². The van der Waals surface area contributed by atoms with Crippen LogP contribution in [0.1, 0.15) is 16.8 Å². The maximum absolute atomic E-state index is 13.0. The molecule has 0 aliphatic carbocycles. The van der Waals surface area contributed by atoms with E-state index in [2.05, 4.69) is 4.98 Å². The van der Waals surface area contributed by atoms with Crippen LogP contribution in [-0.2, 0) is 6.18 Å². The van der Waals surface area contributed by atoms with Crippen LogP contribution in [-0.4, -0.2) is 10.8 Å². The van der Waals surface area contributed by atoms with Crippen molar-refractivity contribution in [3.05, 3.63) is 40.4 Å². The quantitative estimate of drug-likeness (QED) is 0.666. The summed E-state index contributed by atoms with van der Waals surface area (Å²) >= 11 is 2.53. The third-order valence-electron chi connectivity index (χ3n) is 2.39. The molecule has 1 aromatic carbocycles. The van der Waals surface area contributed by atoms with Crippen LogP contribution in [0.2, 0.25) is 0 Å². The molecule has 1 aromatic heterocycles. The molecule has 2 aromatic rings. The second kappa shape index (κ2) is 5.45. The predicted molar refractivity (Wildman–Crippen MR) is 73.4 cm³/mol. The van der Waals surface area contributed by atoms with E-state index in [0.29, 0.717) is 9.24 Å². The van der Waals surface area contributed by atoms with Crippen molar-refractivity contribution in [2.45, 2.75) is 22.3 Å². The molecule has 0 saturated carbocycles. The molecule has 20 heavy (non-hydrogen) atoms. The molecular weight excluding hydrogens is 307 g/mol. The summed E-state index contributed by atoms with van der Waals surface area (Å²) in [5, 5.41) is 9.04. The topological polar surface area (TPSA) is 62.8 Å². The van der Waals surface area contributed by atoms with Crippen LogP contribution in [0.25, 0.3) is 0 Å². The summed E-state index contributed by atoms with van der Waals surface area (Å²) in [5.74, 6) is -0.598. The van der Waals surface area contributed by atoms with Gasteiger partial charge in [0, 0.05) is 21.5 Å². The van der Waals surface area contributed by atoms with Gasteiger partial charge in [0.1, 0.15) is 5.84 Å². The minimum Gasteiger partial charge on any atom is -0.384 e. The molecule has 0 saturated heterocycles. The average molecular weight is 317 g/mol. The number of aromatic nitrogens is 1. The second-order valence-corrected chi connectivity index (χ2v) is 6.15. The number of benzene rings is 1. The van der Waals surface area contributed by atoms with Gasteiger partial charge in [0.15, 0.2) is 4.34 Å². The molecule has 3 N–H and O–H groups in total. The zero-order valence-electron chi connectivity index (χ0n) is 10.3. The number of thiazole rings is 1. The SMILES string of the molecule is Cc1csc(Sc2ccc(C(=N)N)c(C(F)(F)F)c2)n1. The fourth-order valence-corrected chi connectivity index (χ4v) is 3.39. The number of nitrogen functional groups attached to an aromatic ring is 1. The monoisotopic (exact) mass is 317 g/mol. The summed E-state index contributed by atoms with van der Waals surface area (Å²) < 4.78 is 39.5. The van der Waals surface area contributed by atoms with Crippen molar-refractivity contribution < 1.29 is 13.2 Å². The van der Waals surface area contributed by atoms with Gasteiger partial charge in [-0.2, -0.15) is 13.2 Å². The molecule has 0 fully saturated rings. The Balaban J connectivity index is 2.39. The molecule has 0 amide bonds. The van der Waals surface area contributed by atoms with E-state index in [-0.39, 0.29) is 5.56 Å². The molecule has 0 unspecified atom stereocenters. The van der Waals surface area contributed by atoms with Crippen molar-refractivity contribution in [3.8, 4) is 0 Å². The van der Waals surface area contributed by atoms with E-state index in [4.69, 9.17) is 11.1 Å². The third-order valence-corrected chi connectivity index (χ3v) is 4.44. The van der Waals surface area contributed by atoms with Crippen LogP contribution in [0.4, 0.5) is 13.2 Å². The Morgan fingerprint density at radius 1 is 1.40 bits per heavy atom. The lowest BCUT2D eigenvalue weighted by Crippen LogP contribution is -2.18. The lowest BCUT2D eigenvalue weighted by atomic mass is 10.1. The maximum atomic E-state index is 13.0. The molecule has 0 aliphatic rings. The van der Waals surface area contributed by atoms with Crippen LogP contribution < -0.4 is 5.73 Å². The fourth-order valence-electron chi connectivity index (χ4n) is 1.54. The van der Waals surface area contributed by atoms with E-state index < -0.39 is 17.6 Å². The standard InChI is InChI=1S/C12H10F3N3S2/c1-6-5-19-11(18-6)20-7-2-3-8(10(16)17)9(4-7)12(13,14)15/h2-5H,1H3,(H3,16,17). The van der Waals surface area contributed by atoms with Gasteiger partial charge in [0.05, 0.1) is 5.56 Å². The van der Waals surface area contributed by atoms with Crippen molar-refractivity contribution in [1.82, 2.24) is 4.98 Å². The number of halogens is 3. The first-order chi connectivity index (χ1) is 9.27. The Morgan fingerprint density at radius 3 is 2.60 bits per heavy atom. The first kappa shape index (κ1) is 14.9. The van der Waals surface area contributed by atoms with Gasteiger partial charge in [-0.05, 0) is 25.1 Å². The highest BCUT2D eigenvalue weighted by atomic mass is 32.2. The fraction of sp³-hybridized carbons (Fsp3) is 0.167. The number of alkyl halides is 3. The molecule has 0 radical (unpaired) electrons. The molecule has 0 bridgehead atoms. The first-order valence-corrected chi connectivity index (χ1v) is 7.12. The zero-order chi connectivity index (χ0) is 14.9. The number of hydrogen-bond donors (Lipinski definition) is 2. The first-order valence-electron chi connectivity index (χ1n) is 5.43. The maximum Gasteiger partial charge on any atom is 0.417 e. The molecular formula is C12H10F3N3S2. The summed E-state index contributed by atoms with van der Waals surface area (Å²) in [4.78, 5) is 4.60. The lowest BCUT2D eigenvalue weighted by molar-refractivity contribution is -0.137. The third kappa shape index (κ3) is 3.31. The summed E-state index contributed by atoms with van der Waals surface area (Å²) in [6.07, 6.45) is -4.55. The Kier molecular flexibility index (Phi) is 4.05. The van der Waals surface area contributed by atoms with Gasteiger partial charge >= 0.3 is 6.18 Å². The summed E-state index contributed by atoms with van der Waals surface area (Å²) in [6, 6.07) is 3.72. The van der Waals surface area contributed by atoms with Crippen LogP contribution >= 0.6 is 23.1 Å². The highest BCUT2D eigenvalue weighted by Crippen LogP contribution is 2.37. The number of nitrogens with zero attached hydrogens (tertiary/aromatic N) is 1. The van der Waals surface area contributed by atoms with E-state index in [0.717, 1.165) is 23.5 Å². The van der Waals surface area contributed by atoms with Crippen LogP contribution in [0.5, 0.6) is 0 Å². The van der Waals surface area contributed by atoms with Gasteiger partial charge in [-0.1, -0.05) is 11.8 Å². The van der Waals surface area contributed by atoms with Crippen molar-refractivity contribution in [2.24, 2.45) is 5.73 Å². The van der Waals surface area contributed by atoms with E-state index >= 15 is 0 Å². The minimum atomic E-state index is -4.55. The molecule has 0 spiro atoms. The summed E-state index contributed by atoms with van der Waals surface area (Å²) in [5.41, 5.74) is 4.80. The normalized spacial score (nSPS) is 11.6. The number of amidine groups is 1. The Morgan fingerprint density at radius 2 is 2.10 bits per heavy atom. The molecule has 0 atom stereocenters. The highest BCUT2D eigenvalue weighted by Gasteiger charge is 2.34. The van der Waals surface area contributed by atoms with Crippen molar-refractivity contribution >= 4 is 28.9 Å². The summed E-state index contributed by atoms with van der Waals surface area (Å²) in [7, 11) is 0. The van der Waals surface area contributed by atoms with Crippen LogP contribution in [0.3, 0.4) is 0 Å². The predicted octanol–water partition coefficient (Wildman–Crippen LogP) is 3.91. The number of hydrogen-bond acceptors (Lipinski definition) is 4. The van der Waals surface area contributed by atoms with Crippen LogP contribution in [0.15, 0.2) is 32.8 Å². The Hall–Kier alpha value is -1.54. The number of aryl methyl sites for hydroxylation is 1. The van der Waals surface area contributed by atoms with Crippen molar-refractivity contribution in [3.63, 3.8) is 0 Å². The number of nitrogens with one attached hydrogen (secondary N) is 1. The van der Waals surface area contributed by atoms with Gasteiger partial charge in [-0.3, -0.25) is 5.41 Å². The molecule has 3 nitrogen and oxygen atoms in total. The van der Waals surface area contributed by atoms with Gasteiger partial charge in [0.25, 0.3) is 0 Å². The Bertz CT molecular complexity index is 650. The summed E-state index contributed by atoms with van der Waals surface area (Å²) in [6.45, 7) is 1.82. The van der Waals surface area contributed by atoms with Gasteiger partial charge in [0.2, 0.25) is 0 Å². The molecule has 106 valence electrons.